The second-order valence-corrected chi connectivity index (χ2v) is 6.93. The van der Waals surface area contributed by atoms with Gasteiger partial charge in [-0.05, 0) is 35.9 Å². The minimum atomic E-state index is -4.23. The molecular formula is C16H18F4N2S. The van der Waals surface area contributed by atoms with E-state index < -0.39 is 18.8 Å². The first-order valence-corrected chi connectivity index (χ1v) is 8.36. The van der Waals surface area contributed by atoms with Crippen LogP contribution in [0.1, 0.15) is 12.0 Å². The van der Waals surface area contributed by atoms with Crippen molar-refractivity contribution >= 4 is 27.1 Å². The quantitative estimate of drug-likeness (QED) is 0.826. The molecule has 23 heavy (non-hydrogen) atoms. The van der Waals surface area contributed by atoms with E-state index in [4.69, 9.17) is 0 Å². The number of anilines is 1. The lowest BCUT2D eigenvalue weighted by Crippen LogP contribution is -2.46. The normalized spacial score (nSPS) is 23.3. The topological polar surface area (TPSA) is 15.3 Å². The molecule has 1 aromatic carbocycles. The molecule has 0 bridgehead atoms. The van der Waals surface area contributed by atoms with E-state index in [1.807, 2.05) is 11.9 Å². The molecule has 3 rings (SSSR count). The predicted molar refractivity (Wildman–Crippen MR) is 86.0 cm³/mol. The van der Waals surface area contributed by atoms with Crippen molar-refractivity contribution in [2.24, 2.45) is 0 Å². The van der Waals surface area contributed by atoms with Crippen LogP contribution in [0.4, 0.5) is 23.2 Å². The molecule has 1 aromatic heterocycles. The molecule has 0 aliphatic carbocycles. The minimum Gasteiger partial charge on any atom is -0.378 e. The molecule has 7 heteroatoms. The number of hydrogen-bond acceptors (Lipinski definition) is 3. The van der Waals surface area contributed by atoms with Crippen LogP contribution in [0.15, 0.2) is 23.6 Å². The zero-order valence-electron chi connectivity index (χ0n) is 12.7. The first-order chi connectivity index (χ1) is 10.8. The van der Waals surface area contributed by atoms with Crippen molar-refractivity contribution in [1.82, 2.24) is 4.90 Å². The second-order valence-electron chi connectivity index (χ2n) is 6.05. The van der Waals surface area contributed by atoms with Gasteiger partial charge in [-0.2, -0.15) is 13.2 Å². The Labute approximate surface area is 136 Å². The maximum absolute atomic E-state index is 14.2. The molecule has 126 valence electrons. The van der Waals surface area contributed by atoms with Gasteiger partial charge in [-0.3, -0.25) is 0 Å². The number of piperidine rings is 1. The van der Waals surface area contributed by atoms with Crippen LogP contribution in [0.2, 0.25) is 0 Å². The molecule has 2 nitrogen and oxygen atoms in total. The summed E-state index contributed by atoms with van der Waals surface area (Å²) < 4.78 is 52.9. The van der Waals surface area contributed by atoms with Crippen molar-refractivity contribution in [1.29, 1.82) is 0 Å². The Morgan fingerprint density at radius 2 is 2.13 bits per heavy atom. The van der Waals surface area contributed by atoms with Gasteiger partial charge < -0.3 is 10.2 Å². The van der Waals surface area contributed by atoms with Gasteiger partial charge in [0.25, 0.3) is 0 Å². The highest BCUT2D eigenvalue weighted by molar-refractivity contribution is 7.18. The lowest BCUT2D eigenvalue weighted by molar-refractivity contribution is -0.126. The number of fused-ring (bicyclic) bond motifs is 1. The number of nitrogens with one attached hydrogen (secondary N) is 1. The zero-order chi connectivity index (χ0) is 16.6. The molecule has 0 spiro atoms. The van der Waals surface area contributed by atoms with E-state index in [-0.39, 0.29) is 11.6 Å². The number of nitrogens with zero attached hydrogens (tertiary/aromatic N) is 1. The number of likely N-dealkylation sites (tertiary alicyclic amines) is 1. The Kier molecular flexibility index (Phi) is 4.51. The molecule has 2 aromatic rings. The van der Waals surface area contributed by atoms with E-state index in [2.05, 4.69) is 5.32 Å². The van der Waals surface area contributed by atoms with Crippen LogP contribution in [-0.2, 0) is 6.42 Å². The molecule has 0 amide bonds. The highest BCUT2D eigenvalue weighted by Crippen LogP contribution is 2.36. The van der Waals surface area contributed by atoms with Crippen LogP contribution in [0.3, 0.4) is 0 Å². The molecule has 0 saturated carbocycles. The van der Waals surface area contributed by atoms with Crippen LogP contribution in [0, 0.1) is 0 Å². The standard InChI is InChI=1S/C16H18F4N2S/c1-22-6-5-13(12(17)8-22)21-14-4-2-3-11-10(7-16(18,19)20)9-23-15(11)14/h2-4,9,12-13,21H,5-8H2,1H3/t12-,13+/m1/s1. The molecule has 0 radical (unpaired) electrons. The van der Waals surface area contributed by atoms with Gasteiger partial charge in [-0.1, -0.05) is 12.1 Å². The summed E-state index contributed by atoms with van der Waals surface area (Å²) in [5, 5.41) is 5.34. The third-order valence-electron chi connectivity index (χ3n) is 4.16. The maximum atomic E-state index is 14.2. The summed E-state index contributed by atoms with van der Waals surface area (Å²) in [6.07, 6.45) is -5.47. The van der Waals surface area contributed by atoms with Gasteiger partial charge in [0.15, 0.2) is 0 Å². The first kappa shape index (κ1) is 16.5. The molecule has 2 heterocycles. The molecule has 1 saturated heterocycles. The van der Waals surface area contributed by atoms with Gasteiger partial charge in [0.1, 0.15) is 6.17 Å². The van der Waals surface area contributed by atoms with Crippen LogP contribution in [-0.4, -0.2) is 43.4 Å². The molecule has 1 N–H and O–H groups in total. The Bertz CT molecular complexity index is 682. The monoisotopic (exact) mass is 346 g/mol. The predicted octanol–water partition coefficient (Wildman–Crippen LogP) is 4.46. The second kappa shape index (κ2) is 6.28. The van der Waals surface area contributed by atoms with E-state index >= 15 is 0 Å². The fraction of sp³-hybridized carbons (Fsp3) is 0.500. The first-order valence-electron chi connectivity index (χ1n) is 7.48. The Morgan fingerprint density at radius 1 is 1.35 bits per heavy atom. The zero-order valence-corrected chi connectivity index (χ0v) is 13.5. The SMILES string of the molecule is CN1CC[C@H](Nc2cccc3c(CC(F)(F)F)csc23)[C@H](F)C1. The number of thiophene rings is 1. The van der Waals surface area contributed by atoms with Gasteiger partial charge in [0.2, 0.25) is 0 Å². The Hall–Kier alpha value is -1.34. The van der Waals surface area contributed by atoms with Crippen molar-refractivity contribution in [3.8, 4) is 0 Å². The summed E-state index contributed by atoms with van der Waals surface area (Å²) in [4.78, 5) is 1.94. The van der Waals surface area contributed by atoms with Gasteiger partial charge in [0.05, 0.1) is 22.8 Å². The number of rotatable bonds is 3. The number of alkyl halides is 4. The maximum Gasteiger partial charge on any atom is 0.393 e. The van der Waals surface area contributed by atoms with Gasteiger partial charge >= 0.3 is 6.18 Å². The lowest BCUT2D eigenvalue weighted by Gasteiger charge is -2.33. The van der Waals surface area contributed by atoms with Crippen LogP contribution in [0.25, 0.3) is 10.1 Å². The molecule has 0 unspecified atom stereocenters. The van der Waals surface area contributed by atoms with E-state index in [0.29, 0.717) is 18.4 Å². The third-order valence-corrected chi connectivity index (χ3v) is 5.23. The molecule has 1 aliphatic heterocycles. The van der Waals surface area contributed by atoms with Gasteiger partial charge in [0, 0.05) is 13.1 Å². The van der Waals surface area contributed by atoms with Gasteiger partial charge in [-0.25, -0.2) is 4.39 Å². The summed E-state index contributed by atoms with van der Waals surface area (Å²) in [5.74, 6) is 0. The third kappa shape index (κ3) is 3.77. The smallest absolute Gasteiger partial charge is 0.378 e. The van der Waals surface area contributed by atoms with E-state index in [0.717, 1.165) is 16.9 Å². The fourth-order valence-corrected chi connectivity index (χ4v) is 4.05. The summed E-state index contributed by atoms with van der Waals surface area (Å²) in [5.41, 5.74) is 0.999. The molecule has 2 atom stereocenters. The van der Waals surface area contributed by atoms with Crippen molar-refractivity contribution in [2.45, 2.75) is 31.2 Å². The molecule has 1 aliphatic rings. The largest absolute Gasteiger partial charge is 0.393 e. The summed E-state index contributed by atoms with van der Waals surface area (Å²) in [6.45, 7) is 1.18. The van der Waals surface area contributed by atoms with E-state index in [1.165, 1.54) is 11.3 Å². The van der Waals surface area contributed by atoms with Crippen molar-refractivity contribution in [3.05, 3.63) is 29.1 Å². The molecule has 1 fully saturated rings. The van der Waals surface area contributed by atoms with Gasteiger partial charge in [-0.15, -0.1) is 11.3 Å². The van der Waals surface area contributed by atoms with Crippen LogP contribution >= 0.6 is 11.3 Å². The highest BCUT2D eigenvalue weighted by atomic mass is 32.1. The minimum absolute atomic E-state index is 0.279. The number of hydrogen-bond donors (Lipinski definition) is 1. The average molecular weight is 346 g/mol. The number of benzene rings is 1. The summed E-state index contributed by atoms with van der Waals surface area (Å²) in [7, 11) is 1.88. The summed E-state index contributed by atoms with van der Waals surface area (Å²) >= 11 is 1.28. The number of halogens is 4. The Balaban J connectivity index is 1.84. The van der Waals surface area contributed by atoms with Crippen molar-refractivity contribution in [2.75, 3.05) is 25.5 Å². The van der Waals surface area contributed by atoms with Crippen LogP contribution in [0.5, 0.6) is 0 Å². The Morgan fingerprint density at radius 3 is 2.83 bits per heavy atom. The van der Waals surface area contributed by atoms with E-state index in [1.54, 1.807) is 23.6 Å². The van der Waals surface area contributed by atoms with Crippen molar-refractivity contribution < 1.29 is 17.6 Å². The fourth-order valence-electron chi connectivity index (χ4n) is 3.00. The lowest BCUT2D eigenvalue weighted by atomic mass is 10.0. The van der Waals surface area contributed by atoms with Crippen molar-refractivity contribution in [3.63, 3.8) is 0 Å². The molecular weight excluding hydrogens is 328 g/mol. The average Bonchev–Trinajstić information content (AvgIpc) is 2.84. The van der Waals surface area contributed by atoms with E-state index in [9.17, 15) is 17.6 Å². The summed E-state index contributed by atoms with van der Waals surface area (Å²) in [6, 6.07) is 4.92. The van der Waals surface area contributed by atoms with Crippen LogP contribution < -0.4 is 5.32 Å². The highest BCUT2D eigenvalue weighted by Gasteiger charge is 2.30.